The van der Waals surface area contributed by atoms with Crippen LogP contribution in [0.4, 0.5) is 5.69 Å². The van der Waals surface area contributed by atoms with Crippen molar-refractivity contribution in [3.8, 4) is 5.75 Å². The first-order valence-corrected chi connectivity index (χ1v) is 12.8. The second kappa shape index (κ2) is 10.0. The van der Waals surface area contributed by atoms with Crippen LogP contribution >= 0.6 is 0 Å². The van der Waals surface area contributed by atoms with Gasteiger partial charge < -0.3 is 15.7 Å². The van der Waals surface area contributed by atoms with Crippen LogP contribution in [-0.2, 0) is 17.3 Å². The molecule has 0 radical (unpaired) electrons. The summed E-state index contributed by atoms with van der Waals surface area (Å²) in [7, 11) is 0. The van der Waals surface area contributed by atoms with E-state index < -0.39 is 0 Å². The van der Waals surface area contributed by atoms with E-state index in [2.05, 4.69) is 48.5 Å². The predicted octanol–water partition coefficient (Wildman–Crippen LogP) is 6.32. The number of carbonyl (C=O) groups excluding carboxylic acids is 1. The van der Waals surface area contributed by atoms with Crippen LogP contribution in [0.25, 0.3) is 0 Å². The Morgan fingerprint density at radius 2 is 1.60 bits per heavy atom. The number of phenolic OH excluding ortho intramolecular Hbond substituents is 1. The maximum atomic E-state index is 13.5. The summed E-state index contributed by atoms with van der Waals surface area (Å²) in [5.74, 6) is 1.28. The third kappa shape index (κ3) is 6.06. The number of ketones is 1. The van der Waals surface area contributed by atoms with Gasteiger partial charge in [-0.25, -0.2) is 0 Å². The van der Waals surface area contributed by atoms with Crippen LogP contribution in [0.1, 0.15) is 88.4 Å². The van der Waals surface area contributed by atoms with Gasteiger partial charge in [0, 0.05) is 34.8 Å². The molecule has 1 saturated heterocycles. The first kappa shape index (κ1) is 26.8. The van der Waals surface area contributed by atoms with Gasteiger partial charge in [0.25, 0.3) is 0 Å². The average molecular weight is 478 g/mol. The molecular weight excluding hydrogens is 434 g/mol. The van der Waals surface area contributed by atoms with E-state index in [0.717, 1.165) is 42.6 Å². The Labute approximate surface area is 211 Å². The van der Waals surface area contributed by atoms with Crippen LogP contribution in [-0.4, -0.2) is 34.7 Å². The largest absolute Gasteiger partial charge is 0.507 e. The summed E-state index contributed by atoms with van der Waals surface area (Å²) in [6.45, 7) is 15.4. The Morgan fingerprint density at radius 3 is 2.09 bits per heavy atom. The van der Waals surface area contributed by atoms with Crippen molar-refractivity contribution in [2.45, 2.75) is 78.6 Å². The second-order valence-corrected chi connectivity index (χ2v) is 12.2. The van der Waals surface area contributed by atoms with Gasteiger partial charge in [0.1, 0.15) is 11.6 Å². The number of nitrogen functional groups attached to an aromatic ring is 1. The number of nitrogens with zero attached hydrogens (tertiary/aromatic N) is 1. The highest BCUT2D eigenvalue weighted by Crippen LogP contribution is 2.40. The molecule has 1 fully saturated rings. The molecule has 4 N–H and O–H groups in total. The zero-order chi connectivity index (χ0) is 26.1. The van der Waals surface area contributed by atoms with Gasteiger partial charge in [-0.1, -0.05) is 67.0 Å². The van der Waals surface area contributed by atoms with Crippen LogP contribution < -0.4 is 5.73 Å². The Morgan fingerprint density at radius 1 is 1.06 bits per heavy atom. The van der Waals surface area contributed by atoms with Crippen molar-refractivity contribution in [3.63, 3.8) is 0 Å². The van der Waals surface area contributed by atoms with Crippen LogP contribution in [0.2, 0.25) is 0 Å². The van der Waals surface area contributed by atoms with E-state index >= 15 is 0 Å². The number of aromatic hydroxyl groups is 1. The van der Waals surface area contributed by atoms with Gasteiger partial charge in [-0.05, 0) is 59.4 Å². The van der Waals surface area contributed by atoms with E-state index in [1.807, 2.05) is 41.3 Å². The highest BCUT2D eigenvalue weighted by atomic mass is 16.3. The van der Waals surface area contributed by atoms with Crippen LogP contribution in [0.5, 0.6) is 5.75 Å². The maximum absolute atomic E-state index is 13.5. The lowest BCUT2D eigenvalue weighted by Crippen LogP contribution is -2.33. The number of amidine groups is 1. The van der Waals surface area contributed by atoms with Gasteiger partial charge in [-0.2, -0.15) is 0 Å². The number of carbonyl (C=O) groups is 1. The lowest BCUT2D eigenvalue weighted by atomic mass is 9.78. The summed E-state index contributed by atoms with van der Waals surface area (Å²) in [6, 6.07) is 11.6. The van der Waals surface area contributed by atoms with E-state index in [1.54, 1.807) is 0 Å². The summed E-state index contributed by atoms with van der Waals surface area (Å²) in [4.78, 5) is 15.5. The molecule has 2 unspecified atom stereocenters. The standard InChI is InChI=1S/C30H43N3O2/c1-8-9-20-17-33(28(32)23(20)14-19-10-12-22(31)13-11-19)18-26(34)21-15-24(29(2,3)4)27(35)25(16-21)30(5,6)7/h10-13,15-16,20,23,32,35H,8-9,14,17-18,31H2,1-7H3. The highest BCUT2D eigenvalue weighted by Gasteiger charge is 2.38. The number of rotatable bonds is 7. The summed E-state index contributed by atoms with van der Waals surface area (Å²) >= 11 is 0. The van der Waals surface area contributed by atoms with E-state index in [-0.39, 0.29) is 34.8 Å². The number of nitrogens with two attached hydrogens (primary N) is 1. The number of phenols is 1. The molecule has 2 aromatic rings. The minimum atomic E-state index is -0.295. The number of hydrogen-bond acceptors (Lipinski definition) is 4. The fraction of sp³-hybridized carbons (Fsp3) is 0.533. The van der Waals surface area contributed by atoms with Crippen molar-refractivity contribution in [3.05, 3.63) is 58.7 Å². The third-order valence-corrected chi connectivity index (χ3v) is 7.19. The number of likely N-dealkylation sites (tertiary alicyclic amines) is 1. The van der Waals surface area contributed by atoms with Gasteiger partial charge in [0.15, 0.2) is 5.78 Å². The Hall–Kier alpha value is -2.82. The van der Waals surface area contributed by atoms with Crippen molar-refractivity contribution in [1.82, 2.24) is 4.90 Å². The summed E-state index contributed by atoms with van der Waals surface area (Å²) in [5.41, 5.74) is 9.36. The Balaban J connectivity index is 1.87. The molecule has 0 amide bonds. The molecule has 0 aliphatic carbocycles. The Kier molecular flexibility index (Phi) is 7.68. The first-order valence-electron chi connectivity index (χ1n) is 12.8. The summed E-state index contributed by atoms with van der Waals surface area (Å²) < 4.78 is 0. The van der Waals surface area contributed by atoms with Crippen LogP contribution in [0, 0.1) is 17.2 Å². The van der Waals surface area contributed by atoms with E-state index in [0.29, 0.717) is 17.3 Å². The van der Waals surface area contributed by atoms with Crippen molar-refractivity contribution in [2.24, 2.45) is 11.8 Å². The van der Waals surface area contributed by atoms with Crippen molar-refractivity contribution >= 4 is 17.3 Å². The molecule has 190 valence electrons. The molecule has 1 aliphatic heterocycles. The minimum Gasteiger partial charge on any atom is -0.507 e. The Bertz CT molecular complexity index is 1040. The molecule has 0 saturated carbocycles. The van der Waals surface area contributed by atoms with Crippen molar-refractivity contribution in [2.75, 3.05) is 18.8 Å². The predicted molar refractivity (Wildman–Crippen MR) is 146 cm³/mol. The second-order valence-electron chi connectivity index (χ2n) is 12.2. The van der Waals surface area contributed by atoms with E-state index in [9.17, 15) is 9.90 Å². The van der Waals surface area contributed by atoms with Crippen molar-refractivity contribution in [1.29, 1.82) is 5.41 Å². The molecule has 3 rings (SSSR count). The smallest absolute Gasteiger partial charge is 0.182 e. The van der Waals surface area contributed by atoms with Crippen LogP contribution in [0.3, 0.4) is 0 Å². The quantitative estimate of drug-likeness (QED) is 0.321. The van der Waals surface area contributed by atoms with E-state index in [4.69, 9.17) is 11.1 Å². The normalized spacial score (nSPS) is 18.8. The van der Waals surface area contributed by atoms with Gasteiger partial charge in [-0.15, -0.1) is 0 Å². The zero-order valence-electron chi connectivity index (χ0n) is 22.5. The lowest BCUT2D eigenvalue weighted by Gasteiger charge is -2.28. The lowest BCUT2D eigenvalue weighted by molar-refractivity contribution is 0.0963. The van der Waals surface area contributed by atoms with Gasteiger partial charge in [-0.3, -0.25) is 10.2 Å². The molecule has 2 atom stereocenters. The molecule has 5 heteroatoms. The topological polar surface area (TPSA) is 90.4 Å². The molecule has 35 heavy (non-hydrogen) atoms. The molecular formula is C30H43N3O2. The zero-order valence-corrected chi connectivity index (χ0v) is 22.5. The molecule has 5 nitrogen and oxygen atoms in total. The number of anilines is 1. The monoisotopic (exact) mass is 477 g/mol. The molecule has 2 aromatic carbocycles. The fourth-order valence-corrected chi connectivity index (χ4v) is 5.15. The first-order chi connectivity index (χ1) is 16.2. The summed E-state index contributed by atoms with van der Waals surface area (Å²) in [6.07, 6.45) is 2.88. The molecule has 0 aromatic heterocycles. The molecule has 1 aliphatic rings. The maximum Gasteiger partial charge on any atom is 0.182 e. The SMILES string of the molecule is CCCC1CN(CC(=O)c2cc(C(C)(C)C)c(O)c(C(C)(C)C)c2)C(=N)C1Cc1ccc(N)cc1. The third-order valence-electron chi connectivity index (χ3n) is 7.19. The number of hydrogen-bond donors (Lipinski definition) is 3. The van der Waals surface area contributed by atoms with Crippen molar-refractivity contribution < 1.29 is 9.90 Å². The molecule has 1 heterocycles. The summed E-state index contributed by atoms with van der Waals surface area (Å²) in [5, 5.41) is 20.0. The van der Waals surface area contributed by atoms with E-state index in [1.165, 1.54) is 5.56 Å². The van der Waals surface area contributed by atoms with Gasteiger partial charge in [0.2, 0.25) is 0 Å². The fourth-order valence-electron chi connectivity index (χ4n) is 5.15. The number of benzene rings is 2. The number of Topliss-reactive ketones (excluding diaryl/α,β-unsaturated/α-hetero) is 1. The minimum absolute atomic E-state index is 0.00543. The average Bonchev–Trinajstić information content (AvgIpc) is 3.03. The van der Waals surface area contributed by atoms with Crippen LogP contribution in [0.15, 0.2) is 36.4 Å². The highest BCUT2D eigenvalue weighted by molar-refractivity contribution is 6.01. The molecule has 0 bridgehead atoms. The van der Waals surface area contributed by atoms with Gasteiger partial charge in [0.05, 0.1) is 6.54 Å². The van der Waals surface area contributed by atoms with Gasteiger partial charge >= 0.3 is 0 Å². The molecule has 0 spiro atoms. The number of nitrogens with one attached hydrogen (secondary N) is 1.